The fourth-order valence-electron chi connectivity index (χ4n) is 1.85. The van der Waals surface area contributed by atoms with Crippen molar-refractivity contribution in [2.24, 2.45) is 5.92 Å². The molecule has 2 heterocycles. The van der Waals surface area contributed by atoms with Gasteiger partial charge in [0.15, 0.2) is 5.69 Å². The summed E-state index contributed by atoms with van der Waals surface area (Å²) in [5, 5.41) is 18.5. The highest BCUT2D eigenvalue weighted by Gasteiger charge is 2.25. The smallest absolute Gasteiger partial charge is 0.356 e. The van der Waals surface area contributed by atoms with Crippen LogP contribution in [0, 0.1) is 5.92 Å². The number of piperidine rings is 1. The first-order chi connectivity index (χ1) is 8.08. The van der Waals surface area contributed by atoms with E-state index in [4.69, 9.17) is 5.11 Å². The van der Waals surface area contributed by atoms with Gasteiger partial charge in [0.1, 0.15) is 5.82 Å². The molecule has 1 fully saturated rings. The van der Waals surface area contributed by atoms with Crippen molar-refractivity contribution in [3.63, 3.8) is 0 Å². The highest BCUT2D eigenvalue weighted by Crippen LogP contribution is 2.21. The highest BCUT2D eigenvalue weighted by molar-refractivity contribution is 5.84. The Bertz CT molecular complexity index is 407. The predicted octanol–water partition coefficient (Wildman–Crippen LogP) is 0.382. The second-order valence-electron chi connectivity index (χ2n) is 4.34. The minimum atomic E-state index is -1.09. The van der Waals surface area contributed by atoms with Gasteiger partial charge in [0.25, 0.3) is 0 Å². The van der Waals surface area contributed by atoms with Crippen molar-refractivity contribution in [2.45, 2.75) is 19.4 Å². The Morgan fingerprint density at radius 1 is 1.47 bits per heavy atom. The summed E-state index contributed by atoms with van der Waals surface area (Å²) >= 11 is 0. The molecule has 17 heavy (non-hydrogen) atoms. The standard InChI is InChI=1S/C11H15N3O3/c1-7-2-3-14(6-9(7)15)10-5-12-8(4-13-10)11(16)17/h4-5,7,9,15H,2-3,6H2,1H3,(H,16,17). The SMILES string of the molecule is CC1CCN(c2cnc(C(=O)O)cn2)CC1O. The number of aromatic carboxylic acids is 1. The van der Waals surface area contributed by atoms with Gasteiger partial charge in [-0.15, -0.1) is 0 Å². The maximum atomic E-state index is 10.6. The first kappa shape index (κ1) is 11.8. The molecule has 1 aromatic rings. The van der Waals surface area contributed by atoms with Crippen LogP contribution in [0.1, 0.15) is 23.8 Å². The normalized spacial score (nSPS) is 24.7. The lowest BCUT2D eigenvalue weighted by molar-refractivity contribution is 0.0689. The van der Waals surface area contributed by atoms with Gasteiger partial charge >= 0.3 is 5.97 Å². The largest absolute Gasteiger partial charge is 0.476 e. The Morgan fingerprint density at radius 2 is 2.24 bits per heavy atom. The van der Waals surface area contributed by atoms with Crippen molar-refractivity contribution in [1.82, 2.24) is 9.97 Å². The van der Waals surface area contributed by atoms with Gasteiger partial charge in [-0.05, 0) is 12.3 Å². The summed E-state index contributed by atoms with van der Waals surface area (Å²) in [6.45, 7) is 3.34. The molecule has 0 aromatic carbocycles. The van der Waals surface area contributed by atoms with Gasteiger partial charge in [-0.3, -0.25) is 0 Å². The number of aliphatic hydroxyl groups excluding tert-OH is 1. The number of nitrogens with zero attached hydrogens (tertiary/aromatic N) is 3. The predicted molar refractivity (Wildman–Crippen MR) is 61.0 cm³/mol. The van der Waals surface area contributed by atoms with Crippen LogP contribution in [0.4, 0.5) is 5.82 Å². The third-order valence-electron chi connectivity index (χ3n) is 3.10. The van der Waals surface area contributed by atoms with Crippen molar-refractivity contribution < 1.29 is 15.0 Å². The summed E-state index contributed by atoms with van der Waals surface area (Å²) in [6, 6.07) is 0. The summed E-state index contributed by atoms with van der Waals surface area (Å²) in [5.41, 5.74) is -0.0697. The average molecular weight is 237 g/mol. The molecule has 2 atom stereocenters. The summed E-state index contributed by atoms with van der Waals surface area (Å²) in [6.07, 6.45) is 3.20. The van der Waals surface area contributed by atoms with Crippen LogP contribution >= 0.6 is 0 Å². The van der Waals surface area contributed by atoms with Crippen LogP contribution < -0.4 is 4.90 Å². The van der Waals surface area contributed by atoms with E-state index in [1.807, 2.05) is 11.8 Å². The molecular weight excluding hydrogens is 222 g/mol. The molecule has 2 unspecified atom stereocenters. The van der Waals surface area contributed by atoms with Gasteiger partial charge in [0.05, 0.1) is 18.5 Å². The molecule has 1 aliphatic heterocycles. The zero-order chi connectivity index (χ0) is 12.4. The van der Waals surface area contributed by atoms with E-state index < -0.39 is 5.97 Å². The Morgan fingerprint density at radius 3 is 2.76 bits per heavy atom. The summed E-state index contributed by atoms with van der Waals surface area (Å²) in [5.74, 6) is -0.185. The van der Waals surface area contributed by atoms with Gasteiger partial charge in [0, 0.05) is 13.1 Å². The second kappa shape index (κ2) is 4.67. The van der Waals surface area contributed by atoms with E-state index in [2.05, 4.69) is 9.97 Å². The van der Waals surface area contributed by atoms with E-state index in [9.17, 15) is 9.90 Å². The topological polar surface area (TPSA) is 86.6 Å². The first-order valence-corrected chi connectivity index (χ1v) is 5.56. The highest BCUT2D eigenvalue weighted by atomic mass is 16.4. The summed E-state index contributed by atoms with van der Waals surface area (Å²) in [4.78, 5) is 20.4. The number of aromatic nitrogens is 2. The monoisotopic (exact) mass is 237 g/mol. The summed E-state index contributed by atoms with van der Waals surface area (Å²) in [7, 11) is 0. The molecule has 0 bridgehead atoms. The van der Waals surface area contributed by atoms with E-state index in [0.717, 1.165) is 13.0 Å². The molecule has 2 N–H and O–H groups in total. The lowest BCUT2D eigenvalue weighted by atomic mass is 9.96. The van der Waals surface area contributed by atoms with Crippen LogP contribution in [0.5, 0.6) is 0 Å². The van der Waals surface area contributed by atoms with Crippen LogP contribution in [-0.2, 0) is 0 Å². The lowest BCUT2D eigenvalue weighted by Gasteiger charge is -2.34. The molecule has 0 aliphatic carbocycles. The first-order valence-electron chi connectivity index (χ1n) is 5.56. The van der Waals surface area contributed by atoms with Crippen LogP contribution in [0.2, 0.25) is 0 Å². The van der Waals surface area contributed by atoms with Crippen LogP contribution in [0.25, 0.3) is 0 Å². The van der Waals surface area contributed by atoms with Gasteiger partial charge in [0.2, 0.25) is 0 Å². The van der Waals surface area contributed by atoms with Crippen molar-refractivity contribution in [3.05, 3.63) is 18.1 Å². The summed E-state index contributed by atoms with van der Waals surface area (Å²) < 4.78 is 0. The third-order valence-corrected chi connectivity index (χ3v) is 3.10. The van der Waals surface area contributed by atoms with E-state index in [-0.39, 0.29) is 17.7 Å². The van der Waals surface area contributed by atoms with Crippen molar-refractivity contribution in [3.8, 4) is 0 Å². The number of carboxylic acid groups (broad SMARTS) is 1. The molecule has 92 valence electrons. The van der Waals surface area contributed by atoms with Crippen molar-refractivity contribution in [2.75, 3.05) is 18.0 Å². The molecule has 0 saturated carbocycles. The van der Waals surface area contributed by atoms with Crippen LogP contribution in [-0.4, -0.2) is 45.3 Å². The van der Waals surface area contributed by atoms with Crippen LogP contribution in [0.3, 0.4) is 0 Å². The van der Waals surface area contributed by atoms with E-state index >= 15 is 0 Å². The zero-order valence-corrected chi connectivity index (χ0v) is 9.58. The minimum Gasteiger partial charge on any atom is -0.476 e. The average Bonchev–Trinajstić information content (AvgIpc) is 2.33. The number of hydrogen-bond acceptors (Lipinski definition) is 5. The second-order valence-corrected chi connectivity index (χ2v) is 4.34. The molecule has 6 heteroatoms. The van der Waals surface area contributed by atoms with E-state index in [1.54, 1.807) is 0 Å². The van der Waals surface area contributed by atoms with E-state index in [1.165, 1.54) is 12.4 Å². The maximum absolute atomic E-state index is 10.6. The molecule has 1 aliphatic rings. The van der Waals surface area contributed by atoms with Crippen molar-refractivity contribution in [1.29, 1.82) is 0 Å². The Labute approximate surface area is 98.9 Å². The number of carboxylic acids is 1. The number of β-amino-alcohol motifs (C(OH)–C–C–N with tert-alkyl or cyclic N) is 1. The quantitative estimate of drug-likeness (QED) is 0.773. The van der Waals surface area contributed by atoms with Gasteiger partial charge in [-0.1, -0.05) is 6.92 Å². The lowest BCUT2D eigenvalue weighted by Crippen LogP contribution is -2.43. The molecule has 1 saturated heterocycles. The van der Waals surface area contributed by atoms with E-state index in [0.29, 0.717) is 12.4 Å². The van der Waals surface area contributed by atoms with Gasteiger partial charge in [-0.2, -0.15) is 0 Å². The minimum absolute atomic E-state index is 0.0697. The maximum Gasteiger partial charge on any atom is 0.356 e. The molecule has 6 nitrogen and oxygen atoms in total. The fourth-order valence-corrected chi connectivity index (χ4v) is 1.85. The zero-order valence-electron chi connectivity index (χ0n) is 9.58. The molecule has 0 amide bonds. The molecule has 0 spiro atoms. The Kier molecular flexibility index (Phi) is 3.23. The van der Waals surface area contributed by atoms with Gasteiger partial charge in [-0.25, -0.2) is 14.8 Å². The van der Waals surface area contributed by atoms with Crippen LogP contribution in [0.15, 0.2) is 12.4 Å². The number of aliphatic hydroxyl groups is 1. The molecule has 2 rings (SSSR count). The third kappa shape index (κ3) is 2.52. The fraction of sp³-hybridized carbons (Fsp3) is 0.545. The number of rotatable bonds is 2. The molecule has 1 aromatic heterocycles. The Hall–Kier alpha value is -1.69. The Balaban J connectivity index is 2.10. The van der Waals surface area contributed by atoms with Crippen molar-refractivity contribution >= 4 is 11.8 Å². The van der Waals surface area contributed by atoms with Gasteiger partial charge < -0.3 is 15.1 Å². The number of carbonyl (C=O) groups is 1. The molecule has 0 radical (unpaired) electrons. The molecular formula is C11H15N3O3. The number of hydrogen-bond donors (Lipinski definition) is 2. The number of anilines is 1.